The van der Waals surface area contributed by atoms with Gasteiger partial charge in [-0.05, 0) is 19.4 Å². The summed E-state index contributed by atoms with van der Waals surface area (Å²) in [6.45, 7) is 5.37. The Kier molecular flexibility index (Phi) is 3.30. The Labute approximate surface area is 82.8 Å². The second-order valence-corrected chi connectivity index (χ2v) is 3.33. The van der Waals surface area contributed by atoms with Gasteiger partial charge in [0.1, 0.15) is 0 Å². The van der Waals surface area contributed by atoms with Crippen molar-refractivity contribution in [1.29, 1.82) is 0 Å². The fourth-order valence-electron chi connectivity index (χ4n) is 1.04. The highest BCUT2D eigenvalue weighted by atomic mass is 16.6. The maximum Gasteiger partial charge on any atom is 0.631 e. The van der Waals surface area contributed by atoms with E-state index in [1.54, 1.807) is 14.0 Å². The van der Waals surface area contributed by atoms with E-state index in [-0.39, 0.29) is 13.1 Å². The third kappa shape index (κ3) is 2.88. The molecular formula is C8H12BNO4. The summed E-state index contributed by atoms with van der Waals surface area (Å²) in [5, 5.41) is 0. The minimum Gasteiger partial charge on any atom is -0.495 e. The van der Waals surface area contributed by atoms with Gasteiger partial charge < -0.3 is 9.31 Å². The number of hydrogen-bond acceptors (Lipinski definition) is 5. The van der Waals surface area contributed by atoms with Gasteiger partial charge >= 0.3 is 19.1 Å². The topological polar surface area (TPSA) is 55.8 Å². The van der Waals surface area contributed by atoms with Gasteiger partial charge in [-0.1, -0.05) is 0 Å². The van der Waals surface area contributed by atoms with E-state index in [2.05, 4.69) is 6.58 Å². The van der Waals surface area contributed by atoms with E-state index >= 15 is 0 Å². The lowest BCUT2D eigenvalue weighted by Gasteiger charge is -2.22. The summed E-state index contributed by atoms with van der Waals surface area (Å²) in [5.74, 6) is -0.846. The first kappa shape index (κ1) is 10.8. The second-order valence-electron chi connectivity index (χ2n) is 3.33. The monoisotopic (exact) mass is 197 g/mol. The average molecular weight is 197 g/mol. The van der Waals surface area contributed by atoms with E-state index in [4.69, 9.17) is 9.31 Å². The molecule has 0 unspecified atom stereocenters. The van der Waals surface area contributed by atoms with Gasteiger partial charge in [0.15, 0.2) is 0 Å². The number of carbonyl (C=O) groups excluding carboxylic acids is 2. The molecular weight excluding hydrogens is 185 g/mol. The molecule has 14 heavy (non-hydrogen) atoms. The third-order valence-electron chi connectivity index (χ3n) is 1.68. The molecule has 0 saturated carbocycles. The second kappa shape index (κ2) is 4.28. The largest absolute Gasteiger partial charge is 0.631 e. The number of rotatable bonds is 1. The Morgan fingerprint density at radius 2 is 1.79 bits per heavy atom. The smallest absolute Gasteiger partial charge is 0.495 e. The Morgan fingerprint density at radius 3 is 2.14 bits per heavy atom. The highest BCUT2D eigenvalue weighted by molar-refractivity contribution is 6.57. The minimum absolute atomic E-state index is 0.0822. The molecule has 1 fully saturated rings. The standard InChI is InChI=1S/C8H12BNO4/c1-6(2)9-13-7(11)4-10(3)5-8(12)14-9/h1,4-5H2,2-3H3. The van der Waals surface area contributed by atoms with Gasteiger partial charge in [-0.15, -0.1) is 6.58 Å². The fourth-order valence-corrected chi connectivity index (χ4v) is 1.04. The van der Waals surface area contributed by atoms with Crippen molar-refractivity contribution in [3.05, 3.63) is 12.1 Å². The Hall–Kier alpha value is -1.30. The van der Waals surface area contributed by atoms with Gasteiger partial charge in [0.2, 0.25) is 0 Å². The van der Waals surface area contributed by atoms with E-state index in [9.17, 15) is 9.59 Å². The molecule has 0 amide bonds. The molecule has 0 aromatic heterocycles. The van der Waals surface area contributed by atoms with Crippen LogP contribution >= 0.6 is 0 Å². The molecule has 1 rings (SSSR count). The molecule has 0 atom stereocenters. The van der Waals surface area contributed by atoms with Crippen LogP contribution in [0.2, 0.25) is 0 Å². The summed E-state index contributed by atoms with van der Waals surface area (Å²) in [5.41, 5.74) is 0.497. The van der Waals surface area contributed by atoms with Crippen molar-refractivity contribution < 1.29 is 18.9 Å². The fraction of sp³-hybridized carbons (Fsp3) is 0.500. The molecule has 1 aliphatic heterocycles. The highest BCUT2D eigenvalue weighted by Gasteiger charge is 2.32. The van der Waals surface area contributed by atoms with Crippen LogP contribution < -0.4 is 0 Å². The zero-order valence-corrected chi connectivity index (χ0v) is 8.28. The van der Waals surface area contributed by atoms with Crippen LogP contribution in [0.5, 0.6) is 0 Å². The van der Waals surface area contributed by atoms with Crippen molar-refractivity contribution >= 4 is 19.1 Å². The van der Waals surface area contributed by atoms with Crippen molar-refractivity contribution in [2.24, 2.45) is 0 Å². The number of allylic oxidation sites excluding steroid dienone is 1. The summed E-state index contributed by atoms with van der Waals surface area (Å²) in [6.07, 6.45) is 0. The van der Waals surface area contributed by atoms with Gasteiger partial charge in [0.25, 0.3) is 0 Å². The van der Waals surface area contributed by atoms with Crippen molar-refractivity contribution in [2.75, 3.05) is 20.1 Å². The number of nitrogens with zero attached hydrogens (tertiary/aromatic N) is 1. The Bertz CT molecular complexity index is 259. The maximum absolute atomic E-state index is 11.2. The molecule has 0 N–H and O–H groups in total. The summed E-state index contributed by atoms with van der Waals surface area (Å²) in [6, 6.07) is 0. The molecule has 5 nitrogen and oxygen atoms in total. The molecule has 1 saturated heterocycles. The van der Waals surface area contributed by atoms with Crippen LogP contribution in [0.25, 0.3) is 0 Å². The van der Waals surface area contributed by atoms with E-state index in [1.165, 1.54) is 4.90 Å². The van der Waals surface area contributed by atoms with Gasteiger partial charge in [-0.25, -0.2) is 0 Å². The van der Waals surface area contributed by atoms with Crippen molar-refractivity contribution in [2.45, 2.75) is 6.92 Å². The number of hydrogen-bond donors (Lipinski definition) is 0. The third-order valence-corrected chi connectivity index (χ3v) is 1.68. The summed E-state index contributed by atoms with van der Waals surface area (Å²) in [7, 11) is 0.701. The number of likely N-dealkylation sites (N-methyl/N-ethyl adjacent to an activating group) is 1. The quantitative estimate of drug-likeness (QED) is 0.536. The summed E-state index contributed by atoms with van der Waals surface area (Å²) < 4.78 is 9.74. The van der Waals surface area contributed by atoms with Gasteiger partial charge in [-0.2, -0.15) is 0 Å². The molecule has 0 spiro atoms. The normalized spacial score (nSPS) is 19.4. The van der Waals surface area contributed by atoms with Crippen LogP contribution in [0, 0.1) is 0 Å². The molecule has 0 radical (unpaired) electrons. The van der Waals surface area contributed by atoms with Crippen molar-refractivity contribution in [3.8, 4) is 0 Å². The van der Waals surface area contributed by atoms with Crippen LogP contribution in [-0.4, -0.2) is 44.1 Å². The minimum atomic E-state index is -0.941. The van der Waals surface area contributed by atoms with Crippen LogP contribution in [0.4, 0.5) is 0 Å². The van der Waals surface area contributed by atoms with E-state index in [0.717, 1.165) is 0 Å². The predicted molar refractivity (Wildman–Crippen MR) is 50.2 cm³/mol. The van der Waals surface area contributed by atoms with Crippen molar-refractivity contribution in [3.63, 3.8) is 0 Å². The van der Waals surface area contributed by atoms with Crippen LogP contribution in [0.15, 0.2) is 12.1 Å². The van der Waals surface area contributed by atoms with Crippen molar-refractivity contribution in [1.82, 2.24) is 4.90 Å². The lowest BCUT2D eigenvalue weighted by Crippen LogP contribution is -2.42. The maximum atomic E-state index is 11.2. The van der Waals surface area contributed by atoms with E-state index < -0.39 is 19.1 Å². The van der Waals surface area contributed by atoms with Crippen LogP contribution in [0.3, 0.4) is 0 Å². The lowest BCUT2D eigenvalue weighted by molar-refractivity contribution is -0.145. The first-order chi connectivity index (χ1) is 6.49. The molecule has 1 aliphatic rings. The molecule has 0 bridgehead atoms. The average Bonchev–Trinajstić information content (AvgIpc) is 1.99. The summed E-state index contributed by atoms with van der Waals surface area (Å²) >= 11 is 0. The SMILES string of the molecule is C=C(C)B1OC(=O)CN(C)CC(=O)O1. The van der Waals surface area contributed by atoms with E-state index in [0.29, 0.717) is 5.47 Å². The van der Waals surface area contributed by atoms with Gasteiger partial charge in [0.05, 0.1) is 13.1 Å². The lowest BCUT2D eigenvalue weighted by atomic mass is 9.80. The van der Waals surface area contributed by atoms with Gasteiger partial charge in [-0.3, -0.25) is 14.5 Å². The zero-order chi connectivity index (χ0) is 10.7. The molecule has 6 heteroatoms. The molecule has 0 aliphatic carbocycles. The predicted octanol–water partition coefficient (Wildman–Crippen LogP) is -0.378. The van der Waals surface area contributed by atoms with Gasteiger partial charge in [0, 0.05) is 0 Å². The zero-order valence-electron chi connectivity index (χ0n) is 8.28. The number of carbonyl (C=O) groups is 2. The molecule has 1 heterocycles. The summed E-state index contributed by atoms with van der Waals surface area (Å²) in [4.78, 5) is 23.9. The first-order valence-electron chi connectivity index (χ1n) is 4.22. The molecule has 0 aromatic rings. The molecule has 0 aromatic carbocycles. The highest BCUT2D eigenvalue weighted by Crippen LogP contribution is 2.05. The van der Waals surface area contributed by atoms with E-state index in [1.807, 2.05) is 0 Å². The van der Waals surface area contributed by atoms with Crippen LogP contribution in [0.1, 0.15) is 6.92 Å². The first-order valence-corrected chi connectivity index (χ1v) is 4.22. The Balaban J connectivity index is 2.70. The Morgan fingerprint density at radius 1 is 1.36 bits per heavy atom. The van der Waals surface area contributed by atoms with Crippen LogP contribution in [-0.2, 0) is 18.9 Å². The molecule has 76 valence electrons.